The van der Waals surface area contributed by atoms with Crippen molar-refractivity contribution >= 4 is 23.1 Å². The smallest absolute Gasteiger partial charge is 0.274 e. The van der Waals surface area contributed by atoms with Gasteiger partial charge in [0.15, 0.2) is 0 Å². The minimum absolute atomic E-state index is 0.289. The third-order valence-electron chi connectivity index (χ3n) is 4.24. The average Bonchev–Trinajstić information content (AvgIpc) is 2.77. The normalized spacial score (nSPS) is 10.4. The topological polar surface area (TPSA) is 111 Å². The molecule has 1 aromatic carbocycles. The largest absolute Gasteiger partial charge is 0.492 e. The van der Waals surface area contributed by atoms with E-state index in [1.54, 1.807) is 31.6 Å². The fourth-order valence-electron chi connectivity index (χ4n) is 2.71. The lowest BCUT2D eigenvalue weighted by atomic mass is 10.2. The number of carbonyl (C=O) groups is 1. The zero-order chi connectivity index (χ0) is 21.2. The van der Waals surface area contributed by atoms with Crippen LogP contribution < -0.4 is 21.1 Å². The third kappa shape index (κ3) is 6.18. The van der Waals surface area contributed by atoms with Crippen LogP contribution in [0.1, 0.15) is 22.5 Å². The number of nitrogens with one attached hydrogen (secondary N) is 2. The second kappa shape index (κ2) is 10.8. The molecule has 8 nitrogen and oxygen atoms in total. The second-order valence-electron chi connectivity index (χ2n) is 6.52. The van der Waals surface area contributed by atoms with Crippen molar-refractivity contribution < 1.29 is 14.3 Å². The van der Waals surface area contributed by atoms with Gasteiger partial charge in [0.25, 0.3) is 5.91 Å². The lowest BCUT2D eigenvalue weighted by Crippen LogP contribution is -2.14. The van der Waals surface area contributed by atoms with E-state index in [0.717, 1.165) is 17.7 Å². The molecule has 0 saturated carbocycles. The number of nitrogens with zero attached hydrogens (tertiary/aromatic N) is 2. The first-order valence-electron chi connectivity index (χ1n) is 9.58. The second-order valence-corrected chi connectivity index (χ2v) is 6.52. The van der Waals surface area contributed by atoms with E-state index in [-0.39, 0.29) is 5.91 Å². The number of hydrogen-bond acceptors (Lipinski definition) is 7. The van der Waals surface area contributed by atoms with Crippen molar-refractivity contribution in [3.63, 3.8) is 0 Å². The van der Waals surface area contributed by atoms with E-state index in [0.29, 0.717) is 42.7 Å². The van der Waals surface area contributed by atoms with Crippen LogP contribution in [0.25, 0.3) is 0 Å². The number of nitrogen functional groups attached to an aromatic ring is 1. The van der Waals surface area contributed by atoms with Crippen molar-refractivity contribution in [1.29, 1.82) is 0 Å². The van der Waals surface area contributed by atoms with Crippen molar-refractivity contribution in [3.05, 3.63) is 72.2 Å². The molecule has 156 valence electrons. The summed E-state index contributed by atoms with van der Waals surface area (Å²) in [4.78, 5) is 20.7. The zero-order valence-corrected chi connectivity index (χ0v) is 16.8. The first-order chi connectivity index (χ1) is 14.7. The number of aromatic nitrogens is 2. The van der Waals surface area contributed by atoms with Crippen LogP contribution in [0.4, 0.5) is 17.2 Å². The van der Waals surface area contributed by atoms with Gasteiger partial charge in [0.2, 0.25) is 0 Å². The molecule has 0 atom stereocenters. The number of rotatable bonds is 10. The summed E-state index contributed by atoms with van der Waals surface area (Å²) < 4.78 is 10.5. The molecule has 0 saturated heterocycles. The van der Waals surface area contributed by atoms with Gasteiger partial charge in [-0.15, -0.1) is 0 Å². The molecule has 2 aromatic heterocycles. The Morgan fingerprint density at radius 1 is 1.10 bits per heavy atom. The number of methoxy groups -OCH3 is 1. The molecule has 1 amide bonds. The molecule has 4 N–H and O–H groups in total. The predicted octanol–water partition coefficient (Wildman–Crippen LogP) is 3.34. The molecule has 0 spiro atoms. The van der Waals surface area contributed by atoms with Gasteiger partial charge in [0, 0.05) is 38.6 Å². The van der Waals surface area contributed by atoms with Gasteiger partial charge in [0.1, 0.15) is 17.3 Å². The Labute approximate surface area is 175 Å². The standard InChI is InChI=1S/C22H25N5O3/c1-29-11-4-12-30-18-8-9-20(26-15-18)22(28)27-17-6-2-5-16(13-17)14-25-19-7-3-10-24-21(19)23/h2-3,5-10,13,15,25H,4,11-12,14H2,1H3,(H2,23,24)(H,27,28). The van der Waals surface area contributed by atoms with Crippen molar-refractivity contribution in [1.82, 2.24) is 9.97 Å². The summed E-state index contributed by atoms with van der Waals surface area (Å²) in [5.41, 5.74) is 8.59. The lowest BCUT2D eigenvalue weighted by molar-refractivity contribution is 0.102. The minimum Gasteiger partial charge on any atom is -0.492 e. The van der Waals surface area contributed by atoms with Crippen LogP contribution in [-0.2, 0) is 11.3 Å². The number of carbonyl (C=O) groups excluding carboxylic acids is 1. The molecule has 0 radical (unpaired) electrons. The molecule has 30 heavy (non-hydrogen) atoms. The SMILES string of the molecule is COCCCOc1ccc(C(=O)Nc2cccc(CNc3cccnc3N)c2)nc1. The molecule has 0 bridgehead atoms. The quantitative estimate of drug-likeness (QED) is 0.442. The van der Waals surface area contributed by atoms with Crippen LogP contribution in [0.3, 0.4) is 0 Å². The number of hydrogen-bond donors (Lipinski definition) is 3. The van der Waals surface area contributed by atoms with Crippen molar-refractivity contribution in [2.24, 2.45) is 0 Å². The summed E-state index contributed by atoms with van der Waals surface area (Å²) in [5.74, 6) is 0.770. The highest BCUT2D eigenvalue weighted by Gasteiger charge is 2.09. The highest BCUT2D eigenvalue weighted by Crippen LogP contribution is 2.17. The van der Waals surface area contributed by atoms with E-state index in [4.69, 9.17) is 15.2 Å². The van der Waals surface area contributed by atoms with Crippen LogP contribution in [0.2, 0.25) is 0 Å². The molecule has 0 aliphatic heterocycles. The number of amides is 1. The molecule has 8 heteroatoms. The highest BCUT2D eigenvalue weighted by atomic mass is 16.5. The Morgan fingerprint density at radius 2 is 2.00 bits per heavy atom. The van der Waals surface area contributed by atoms with Crippen LogP contribution in [0.15, 0.2) is 60.9 Å². The number of pyridine rings is 2. The Hall–Kier alpha value is -3.65. The van der Waals surface area contributed by atoms with Crippen molar-refractivity contribution in [3.8, 4) is 5.75 Å². The molecule has 3 rings (SSSR count). The maximum atomic E-state index is 12.5. The Morgan fingerprint density at radius 3 is 2.77 bits per heavy atom. The molecule has 0 fully saturated rings. The summed E-state index contributed by atoms with van der Waals surface area (Å²) in [6.07, 6.45) is 3.97. The van der Waals surface area contributed by atoms with Gasteiger partial charge in [-0.05, 0) is 42.0 Å². The van der Waals surface area contributed by atoms with E-state index in [2.05, 4.69) is 20.6 Å². The van der Waals surface area contributed by atoms with Crippen molar-refractivity contribution in [2.45, 2.75) is 13.0 Å². The first-order valence-corrected chi connectivity index (χ1v) is 9.58. The van der Waals surface area contributed by atoms with E-state index >= 15 is 0 Å². The fourth-order valence-corrected chi connectivity index (χ4v) is 2.71. The van der Waals surface area contributed by atoms with E-state index in [1.807, 2.05) is 36.4 Å². The molecule has 0 aliphatic carbocycles. The van der Waals surface area contributed by atoms with Crippen LogP contribution in [0, 0.1) is 0 Å². The molecule has 0 aliphatic rings. The van der Waals surface area contributed by atoms with Crippen LogP contribution >= 0.6 is 0 Å². The van der Waals surface area contributed by atoms with E-state index in [9.17, 15) is 4.79 Å². The van der Waals surface area contributed by atoms with Crippen molar-refractivity contribution in [2.75, 3.05) is 36.7 Å². The molecule has 3 aromatic rings. The fraction of sp³-hybridized carbons (Fsp3) is 0.227. The van der Waals surface area contributed by atoms with E-state index in [1.165, 1.54) is 0 Å². The van der Waals surface area contributed by atoms with Gasteiger partial charge in [-0.2, -0.15) is 0 Å². The highest BCUT2D eigenvalue weighted by molar-refractivity contribution is 6.02. The van der Waals surface area contributed by atoms with Crippen LogP contribution in [-0.4, -0.2) is 36.2 Å². The summed E-state index contributed by atoms with van der Waals surface area (Å²) in [6.45, 7) is 1.72. The molecule has 0 unspecified atom stereocenters. The van der Waals surface area contributed by atoms with Crippen LogP contribution in [0.5, 0.6) is 5.75 Å². The summed E-state index contributed by atoms with van der Waals surface area (Å²) in [5, 5.41) is 6.10. The Balaban J connectivity index is 1.55. The molecular formula is C22H25N5O3. The Bertz CT molecular complexity index is 963. The number of benzene rings is 1. The predicted molar refractivity (Wildman–Crippen MR) is 117 cm³/mol. The van der Waals surface area contributed by atoms with Gasteiger partial charge in [0.05, 0.1) is 18.5 Å². The lowest BCUT2D eigenvalue weighted by Gasteiger charge is -2.10. The maximum Gasteiger partial charge on any atom is 0.274 e. The maximum absolute atomic E-state index is 12.5. The monoisotopic (exact) mass is 407 g/mol. The summed E-state index contributed by atoms with van der Waals surface area (Å²) in [6, 6.07) is 14.6. The van der Waals surface area contributed by atoms with Gasteiger partial charge in [-0.1, -0.05) is 12.1 Å². The summed E-state index contributed by atoms with van der Waals surface area (Å²) in [7, 11) is 1.65. The number of ether oxygens (including phenoxy) is 2. The summed E-state index contributed by atoms with van der Waals surface area (Å²) >= 11 is 0. The van der Waals surface area contributed by atoms with E-state index < -0.39 is 0 Å². The van der Waals surface area contributed by atoms with Gasteiger partial charge < -0.3 is 25.8 Å². The third-order valence-corrected chi connectivity index (χ3v) is 4.24. The van der Waals surface area contributed by atoms with Gasteiger partial charge >= 0.3 is 0 Å². The number of nitrogens with two attached hydrogens (primary N) is 1. The zero-order valence-electron chi connectivity index (χ0n) is 16.8. The molecular weight excluding hydrogens is 382 g/mol. The minimum atomic E-state index is -0.289. The Kier molecular flexibility index (Phi) is 7.57. The van der Waals surface area contributed by atoms with Gasteiger partial charge in [-0.3, -0.25) is 4.79 Å². The molecule has 2 heterocycles. The van der Waals surface area contributed by atoms with Gasteiger partial charge in [-0.25, -0.2) is 9.97 Å². The number of anilines is 3. The average molecular weight is 407 g/mol. The first kappa shape index (κ1) is 21.1.